The van der Waals surface area contributed by atoms with Crippen LogP contribution in [0.2, 0.25) is 5.02 Å². The molecule has 21 heavy (non-hydrogen) atoms. The molecule has 1 fully saturated rings. The highest BCUT2D eigenvalue weighted by Crippen LogP contribution is 2.23. The van der Waals surface area contributed by atoms with Crippen LogP contribution in [0.4, 0.5) is 17.5 Å². The molecule has 110 valence electrons. The molecule has 0 atom stereocenters. The van der Waals surface area contributed by atoms with Crippen LogP contribution in [0.15, 0.2) is 30.3 Å². The maximum atomic E-state index is 5.99. The SMILES string of the molecule is Cc1cc(NC2CCCC2)nc(Nc2cccc(Cl)c2)n1. The molecule has 0 unspecified atom stereocenters. The van der Waals surface area contributed by atoms with Crippen LogP contribution in [0.3, 0.4) is 0 Å². The highest BCUT2D eigenvalue weighted by atomic mass is 35.5. The van der Waals surface area contributed by atoms with Crippen LogP contribution in [-0.4, -0.2) is 16.0 Å². The molecule has 1 aromatic carbocycles. The van der Waals surface area contributed by atoms with Crippen LogP contribution in [-0.2, 0) is 0 Å². The fourth-order valence-electron chi connectivity index (χ4n) is 2.67. The normalized spacial score (nSPS) is 15.1. The van der Waals surface area contributed by atoms with Crippen molar-refractivity contribution in [1.82, 2.24) is 9.97 Å². The largest absolute Gasteiger partial charge is 0.367 e. The summed E-state index contributed by atoms with van der Waals surface area (Å²) in [5, 5.41) is 7.40. The second-order valence-electron chi connectivity index (χ2n) is 5.48. The molecule has 1 saturated carbocycles. The smallest absolute Gasteiger partial charge is 0.229 e. The Hall–Kier alpha value is -1.81. The first kappa shape index (κ1) is 14.1. The summed E-state index contributed by atoms with van der Waals surface area (Å²) in [6.07, 6.45) is 5.05. The average molecular weight is 303 g/mol. The average Bonchev–Trinajstić information content (AvgIpc) is 2.90. The Morgan fingerprint density at radius 3 is 2.71 bits per heavy atom. The van der Waals surface area contributed by atoms with E-state index in [-0.39, 0.29) is 0 Å². The predicted molar refractivity (Wildman–Crippen MR) is 87.4 cm³/mol. The van der Waals surface area contributed by atoms with E-state index in [9.17, 15) is 0 Å². The summed E-state index contributed by atoms with van der Waals surface area (Å²) >= 11 is 5.99. The Kier molecular flexibility index (Phi) is 4.25. The summed E-state index contributed by atoms with van der Waals surface area (Å²) < 4.78 is 0. The Morgan fingerprint density at radius 1 is 1.14 bits per heavy atom. The van der Waals surface area contributed by atoms with Gasteiger partial charge in [-0.15, -0.1) is 0 Å². The van der Waals surface area contributed by atoms with Crippen molar-refractivity contribution in [3.63, 3.8) is 0 Å². The maximum absolute atomic E-state index is 5.99. The van der Waals surface area contributed by atoms with Crippen molar-refractivity contribution in [2.24, 2.45) is 0 Å². The third-order valence-corrected chi connectivity index (χ3v) is 3.88. The summed E-state index contributed by atoms with van der Waals surface area (Å²) in [5.41, 5.74) is 1.83. The van der Waals surface area contributed by atoms with Crippen molar-refractivity contribution in [1.29, 1.82) is 0 Å². The standard InChI is InChI=1S/C16H19ClN4/c1-11-9-15(19-13-6-2-3-7-13)21-16(18-11)20-14-8-4-5-12(17)10-14/h4-5,8-10,13H,2-3,6-7H2,1H3,(H2,18,19,20,21). The number of nitrogens with zero attached hydrogens (tertiary/aromatic N) is 2. The minimum absolute atomic E-state index is 0.540. The first-order valence-electron chi connectivity index (χ1n) is 7.34. The summed E-state index contributed by atoms with van der Waals surface area (Å²) in [6, 6.07) is 10.1. The fraction of sp³-hybridized carbons (Fsp3) is 0.375. The van der Waals surface area contributed by atoms with Gasteiger partial charge in [-0.05, 0) is 38.0 Å². The van der Waals surface area contributed by atoms with Crippen LogP contribution in [0.1, 0.15) is 31.4 Å². The molecule has 2 N–H and O–H groups in total. The van der Waals surface area contributed by atoms with Crippen molar-refractivity contribution in [3.8, 4) is 0 Å². The van der Waals surface area contributed by atoms with Gasteiger partial charge in [0, 0.05) is 28.5 Å². The third-order valence-electron chi connectivity index (χ3n) is 3.64. The van der Waals surface area contributed by atoms with Crippen molar-refractivity contribution in [2.45, 2.75) is 38.6 Å². The van der Waals surface area contributed by atoms with Gasteiger partial charge in [0.05, 0.1) is 0 Å². The van der Waals surface area contributed by atoms with E-state index >= 15 is 0 Å². The van der Waals surface area contributed by atoms with Gasteiger partial charge in [0.15, 0.2) is 0 Å². The molecule has 2 aromatic rings. The zero-order valence-electron chi connectivity index (χ0n) is 12.1. The lowest BCUT2D eigenvalue weighted by Crippen LogP contribution is -2.16. The lowest BCUT2D eigenvalue weighted by Gasteiger charge is -2.14. The summed E-state index contributed by atoms with van der Waals surface area (Å²) in [7, 11) is 0. The van der Waals surface area contributed by atoms with Crippen LogP contribution in [0.5, 0.6) is 0 Å². The number of hydrogen-bond donors (Lipinski definition) is 2. The van der Waals surface area contributed by atoms with E-state index in [1.807, 2.05) is 37.3 Å². The number of benzene rings is 1. The molecule has 1 aliphatic carbocycles. The molecule has 4 nitrogen and oxygen atoms in total. The molecule has 1 aliphatic rings. The maximum Gasteiger partial charge on any atom is 0.229 e. The molecule has 0 aliphatic heterocycles. The van der Waals surface area contributed by atoms with Gasteiger partial charge in [0.25, 0.3) is 0 Å². The summed E-state index contributed by atoms with van der Waals surface area (Å²) in [5.74, 6) is 1.48. The van der Waals surface area contributed by atoms with Crippen molar-refractivity contribution in [2.75, 3.05) is 10.6 Å². The van der Waals surface area contributed by atoms with E-state index in [2.05, 4.69) is 20.6 Å². The minimum Gasteiger partial charge on any atom is -0.367 e. The molecule has 0 spiro atoms. The number of aryl methyl sites for hydroxylation is 1. The Bertz CT molecular complexity index is 623. The van der Waals surface area contributed by atoms with E-state index < -0.39 is 0 Å². The fourth-order valence-corrected chi connectivity index (χ4v) is 2.86. The molecule has 1 heterocycles. The minimum atomic E-state index is 0.540. The van der Waals surface area contributed by atoms with Gasteiger partial charge in [-0.1, -0.05) is 30.5 Å². The number of aromatic nitrogens is 2. The number of halogens is 1. The van der Waals surface area contributed by atoms with E-state index in [1.54, 1.807) is 0 Å². The first-order valence-corrected chi connectivity index (χ1v) is 7.72. The van der Waals surface area contributed by atoms with Gasteiger partial charge in [0.1, 0.15) is 5.82 Å². The van der Waals surface area contributed by atoms with Gasteiger partial charge >= 0.3 is 0 Å². The number of hydrogen-bond acceptors (Lipinski definition) is 4. The lowest BCUT2D eigenvalue weighted by molar-refractivity contribution is 0.749. The molecule has 3 rings (SSSR count). The van der Waals surface area contributed by atoms with Gasteiger partial charge in [-0.2, -0.15) is 4.98 Å². The molecule has 0 bridgehead atoms. The third kappa shape index (κ3) is 3.85. The zero-order valence-corrected chi connectivity index (χ0v) is 12.8. The van der Waals surface area contributed by atoms with Crippen LogP contribution < -0.4 is 10.6 Å². The van der Waals surface area contributed by atoms with Crippen molar-refractivity contribution in [3.05, 3.63) is 41.0 Å². The van der Waals surface area contributed by atoms with E-state index in [1.165, 1.54) is 25.7 Å². The Morgan fingerprint density at radius 2 is 1.95 bits per heavy atom. The molecule has 0 saturated heterocycles. The second-order valence-corrected chi connectivity index (χ2v) is 5.92. The monoisotopic (exact) mass is 302 g/mol. The highest BCUT2D eigenvalue weighted by molar-refractivity contribution is 6.30. The molecule has 0 radical (unpaired) electrons. The van der Waals surface area contributed by atoms with E-state index in [4.69, 9.17) is 11.6 Å². The van der Waals surface area contributed by atoms with E-state index in [0.29, 0.717) is 17.0 Å². The first-order chi connectivity index (χ1) is 10.2. The number of rotatable bonds is 4. The lowest BCUT2D eigenvalue weighted by atomic mass is 10.2. The molecular formula is C16H19ClN4. The molecule has 5 heteroatoms. The van der Waals surface area contributed by atoms with Crippen LogP contribution in [0, 0.1) is 6.92 Å². The van der Waals surface area contributed by atoms with Gasteiger partial charge in [0.2, 0.25) is 5.95 Å². The van der Waals surface area contributed by atoms with E-state index in [0.717, 1.165) is 17.2 Å². The summed E-state index contributed by atoms with van der Waals surface area (Å²) in [6.45, 7) is 1.98. The zero-order chi connectivity index (χ0) is 14.7. The Labute approximate surface area is 130 Å². The summed E-state index contributed by atoms with van der Waals surface area (Å²) in [4.78, 5) is 8.97. The second kappa shape index (κ2) is 6.31. The highest BCUT2D eigenvalue weighted by Gasteiger charge is 2.15. The van der Waals surface area contributed by atoms with Gasteiger partial charge < -0.3 is 10.6 Å². The quantitative estimate of drug-likeness (QED) is 0.871. The molecule has 0 amide bonds. The molecule has 1 aromatic heterocycles. The van der Waals surface area contributed by atoms with Crippen LogP contribution >= 0.6 is 11.6 Å². The topological polar surface area (TPSA) is 49.8 Å². The predicted octanol–water partition coefficient (Wildman–Crippen LogP) is 4.54. The van der Waals surface area contributed by atoms with Crippen molar-refractivity contribution < 1.29 is 0 Å². The van der Waals surface area contributed by atoms with Crippen molar-refractivity contribution >= 4 is 29.1 Å². The molecular weight excluding hydrogens is 284 g/mol. The van der Waals surface area contributed by atoms with Gasteiger partial charge in [-0.3, -0.25) is 0 Å². The Balaban J connectivity index is 1.77. The van der Waals surface area contributed by atoms with Gasteiger partial charge in [-0.25, -0.2) is 4.98 Å². The number of anilines is 3. The number of nitrogens with one attached hydrogen (secondary N) is 2. The van der Waals surface area contributed by atoms with Crippen LogP contribution in [0.25, 0.3) is 0 Å².